The number of aromatic nitrogens is 2. The third-order valence-electron chi connectivity index (χ3n) is 3.77. The molecule has 0 aliphatic carbocycles. The number of alkyl halides is 3. The Kier molecular flexibility index (Phi) is 5.50. The van der Waals surface area contributed by atoms with Crippen LogP contribution in [0.15, 0.2) is 17.3 Å². The van der Waals surface area contributed by atoms with Crippen LogP contribution in [0.3, 0.4) is 0 Å². The molecule has 0 spiro atoms. The highest BCUT2D eigenvalue weighted by atomic mass is 32.2. The lowest BCUT2D eigenvalue weighted by Crippen LogP contribution is -2.41. The van der Waals surface area contributed by atoms with Gasteiger partial charge in [-0.25, -0.2) is 23.2 Å². The van der Waals surface area contributed by atoms with Gasteiger partial charge in [0, 0.05) is 31.4 Å². The van der Waals surface area contributed by atoms with E-state index in [-0.39, 0.29) is 11.7 Å². The zero-order valence-corrected chi connectivity index (χ0v) is 15.4. The molecule has 2 heterocycles. The molecular formula is C15H20F3N3O4S. The Labute approximate surface area is 149 Å². The molecule has 0 radical (unpaired) electrons. The van der Waals surface area contributed by atoms with Gasteiger partial charge in [0.15, 0.2) is 0 Å². The predicted molar refractivity (Wildman–Crippen MR) is 85.1 cm³/mol. The number of amides is 1. The summed E-state index contributed by atoms with van der Waals surface area (Å²) in [5.41, 5.74) is -5.99. The normalized spacial score (nSPS) is 17.2. The summed E-state index contributed by atoms with van der Waals surface area (Å²) in [6, 6.07) is 0. The minimum Gasteiger partial charge on any atom is -0.444 e. The van der Waals surface area contributed by atoms with Crippen molar-refractivity contribution < 1.29 is 31.1 Å². The van der Waals surface area contributed by atoms with Crippen molar-refractivity contribution in [2.45, 2.75) is 55.5 Å². The smallest absolute Gasteiger partial charge is 0.444 e. The van der Waals surface area contributed by atoms with Gasteiger partial charge in [0.2, 0.25) is 0 Å². The Morgan fingerprint density at radius 2 is 1.65 bits per heavy atom. The Morgan fingerprint density at radius 3 is 2.08 bits per heavy atom. The molecule has 11 heteroatoms. The molecule has 0 bridgehead atoms. The molecule has 146 valence electrons. The van der Waals surface area contributed by atoms with Gasteiger partial charge >= 0.3 is 11.6 Å². The fraction of sp³-hybridized carbons (Fsp3) is 0.667. The average molecular weight is 395 g/mol. The Bertz CT molecular complexity index is 750. The Balaban J connectivity index is 2.01. The van der Waals surface area contributed by atoms with Crippen LogP contribution in [-0.4, -0.2) is 53.6 Å². The van der Waals surface area contributed by atoms with E-state index >= 15 is 0 Å². The van der Waals surface area contributed by atoms with Gasteiger partial charge < -0.3 is 9.64 Å². The molecule has 1 amide bonds. The summed E-state index contributed by atoms with van der Waals surface area (Å²) < 4.78 is 65.5. The van der Waals surface area contributed by atoms with E-state index in [2.05, 4.69) is 9.97 Å². The van der Waals surface area contributed by atoms with E-state index in [9.17, 15) is 26.4 Å². The van der Waals surface area contributed by atoms with Crippen LogP contribution in [-0.2, 0) is 14.6 Å². The van der Waals surface area contributed by atoms with Crippen LogP contribution in [0.2, 0.25) is 0 Å². The van der Waals surface area contributed by atoms with E-state index in [1.807, 2.05) is 0 Å². The topological polar surface area (TPSA) is 89.5 Å². The molecule has 1 fully saturated rings. The van der Waals surface area contributed by atoms with Crippen molar-refractivity contribution in [2.75, 3.05) is 13.1 Å². The lowest BCUT2D eigenvalue weighted by Gasteiger charge is -2.32. The van der Waals surface area contributed by atoms with Crippen molar-refractivity contribution >= 4 is 15.9 Å². The first kappa shape index (κ1) is 20.4. The molecule has 1 aliphatic heterocycles. The summed E-state index contributed by atoms with van der Waals surface area (Å²) in [6.07, 6.45) is 1.93. The molecule has 0 atom stereocenters. The first-order valence-corrected chi connectivity index (χ1v) is 9.41. The van der Waals surface area contributed by atoms with Crippen molar-refractivity contribution in [2.24, 2.45) is 0 Å². The van der Waals surface area contributed by atoms with Crippen LogP contribution in [0, 0.1) is 0 Å². The molecule has 0 aromatic carbocycles. The second kappa shape index (κ2) is 7.01. The van der Waals surface area contributed by atoms with Crippen molar-refractivity contribution in [3.05, 3.63) is 18.2 Å². The summed E-state index contributed by atoms with van der Waals surface area (Å²) in [6.45, 7) is 6.09. The highest BCUT2D eigenvalue weighted by Gasteiger charge is 2.47. The van der Waals surface area contributed by atoms with E-state index in [0.717, 1.165) is 0 Å². The van der Waals surface area contributed by atoms with Crippen molar-refractivity contribution in [3.63, 3.8) is 0 Å². The van der Waals surface area contributed by atoms with Crippen molar-refractivity contribution in [1.82, 2.24) is 14.9 Å². The number of carbonyl (C=O) groups is 1. The second-order valence-corrected chi connectivity index (χ2v) is 8.91. The number of sulfone groups is 1. The highest BCUT2D eigenvalue weighted by molar-refractivity contribution is 7.92. The first-order chi connectivity index (χ1) is 11.8. The number of carbonyl (C=O) groups excluding carboxylic acids is 1. The maximum atomic E-state index is 12.5. The number of hydrogen-bond acceptors (Lipinski definition) is 6. The number of rotatable bonds is 2. The number of nitrogens with zero attached hydrogens (tertiary/aromatic N) is 3. The number of hydrogen-bond donors (Lipinski definition) is 0. The summed E-state index contributed by atoms with van der Waals surface area (Å²) in [5, 5.41) is 0. The van der Waals surface area contributed by atoms with Crippen LogP contribution >= 0.6 is 0 Å². The van der Waals surface area contributed by atoms with E-state index < -0.39 is 31.9 Å². The van der Waals surface area contributed by atoms with Crippen LogP contribution in [0.1, 0.15) is 45.4 Å². The zero-order valence-electron chi connectivity index (χ0n) is 14.6. The zero-order chi connectivity index (χ0) is 19.8. The lowest BCUT2D eigenvalue weighted by molar-refractivity contribution is -0.0436. The van der Waals surface area contributed by atoms with E-state index in [4.69, 9.17) is 4.74 Å². The molecule has 0 unspecified atom stereocenters. The maximum Gasteiger partial charge on any atom is 0.502 e. The summed E-state index contributed by atoms with van der Waals surface area (Å²) in [4.78, 5) is 20.1. The van der Waals surface area contributed by atoms with Crippen molar-refractivity contribution in [1.29, 1.82) is 0 Å². The van der Waals surface area contributed by atoms with Gasteiger partial charge in [0.05, 0.1) is 0 Å². The molecule has 2 rings (SSSR count). The van der Waals surface area contributed by atoms with Crippen molar-refractivity contribution in [3.8, 4) is 0 Å². The maximum absolute atomic E-state index is 12.5. The van der Waals surface area contributed by atoms with Crippen LogP contribution in [0.25, 0.3) is 0 Å². The minimum atomic E-state index is -5.46. The number of halogens is 3. The highest BCUT2D eigenvalue weighted by Crippen LogP contribution is 2.31. The summed E-state index contributed by atoms with van der Waals surface area (Å²) in [7, 11) is -5.46. The summed E-state index contributed by atoms with van der Waals surface area (Å²) >= 11 is 0. The molecule has 0 saturated carbocycles. The Morgan fingerprint density at radius 1 is 1.15 bits per heavy atom. The molecule has 26 heavy (non-hydrogen) atoms. The molecule has 1 aromatic rings. The molecule has 1 saturated heterocycles. The van der Waals surface area contributed by atoms with Gasteiger partial charge in [-0.3, -0.25) is 0 Å². The Hall–Kier alpha value is -1.91. The van der Waals surface area contributed by atoms with Gasteiger partial charge in [-0.05, 0) is 33.6 Å². The second-order valence-electron chi connectivity index (χ2n) is 6.97. The fourth-order valence-electron chi connectivity index (χ4n) is 2.46. The molecular weight excluding hydrogens is 375 g/mol. The van der Waals surface area contributed by atoms with Crippen LogP contribution in [0.5, 0.6) is 0 Å². The number of piperidine rings is 1. The summed E-state index contributed by atoms with van der Waals surface area (Å²) in [5.74, 6) is 0.0892. The van der Waals surface area contributed by atoms with Gasteiger partial charge in [-0.2, -0.15) is 13.2 Å². The van der Waals surface area contributed by atoms with E-state index in [0.29, 0.717) is 38.3 Å². The monoisotopic (exact) mass is 395 g/mol. The molecule has 1 aliphatic rings. The SMILES string of the molecule is CC(C)(C)OC(=O)N1CCC(c2ncc(S(=O)(=O)C(F)(F)F)cn2)CC1. The van der Waals surface area contributed by atoms with Gasteiger partial charge in [0.25, 0.3) is 9.84 Å². The standard InChI is InChI=1S/C15H20F3N3O4S/c1-14(2,3)25-13(22)21-6-4-10(5-7-21)12-19-8-11(9-20-12)26(23,24)15(16,17)18/h8-10H,4-7H2,1-3H3. The third kappa shape index (κ3) is 4.63. The van der Waals surface area contributed by atoms with Gasteiger partial charge in [-0.1, -0.05) is 0 Å². The van der Waals surface area contributed by atoms with E-state index in [1.165, 1.54) is 0 Å². The van der Waals surface area contributed by atoms with Gasteiger partial charge in [-0.15, -0.1) is 0 Å². The van der Waals surface area contributed by atoms with E-state index in [1.54, 1.807) is 25.7 Å². The lowest BCUT2D eigenvalue weighted by atomic mass is 9.96. The largest absolute Gasteiger partial charge is 0.502 e. The van der Waals surface area contributed by atoms with Gasteiger partial charge in [0.1, 0.15) is 16.3 Å². The predicted octanol–water partition coefficient (Wildman–Crippen LogP) is 2.88. The molecule has 1 aromatic heterocycles. The van der Waals surface area contributed by atoms with Crippen LogP contribution < -0.4 is 0 Å². The number of likely N-dealkylation sites (tertiary alicyclic amines) is 1. The molecule has 0 N–H and O–H groups in total. The average Bonchev–Trinajstić information content (AvgIpc) is 2.52. The number of ether oxygens (including phenoxy) is 1. The van der Waals surface area contributed by atoms with Crippen LogP contribution in [0.4, 0.5) is 18.0 Å². The quantitative estimate of drug-likeness (QED) is 0.765. The fourth-order valence-corrected chi connectivity index (χ4v) is 3.11. The minimum absolute atomic E-state index is 0.170. The third-order valence-corrected chi connectivity index (χ3v) is 5.22. The molecule has 7 nitrogen and oxygen atoms in total. The first-order valence-electron chi connectivity index (χ1n) is 7.92.